The Morgan fingerprint density at radius 2 is 2.00 bits per heavy atom. The number of thioether (sulfide) groups is 1. The van der Waals surface area contributed by atoms with Crippen molar-refractivity contribution in [2.45, 2.75) is 13.0 Å². The summed E-state index contributed by atoms with van der Waals surface area (Å²) in [6, 6.07) is 5.91. The Morgan fingerprint density at radius 3 is 2.76 bits per heavy atom. The molecule has 2 heterocycles. The summed E-state index contributed by atoms with van der Waals surface area (Å²) in [6.07, 6.45) is 0.780. The lowest BCUT2D eigenvalue weighted by Crippen LogP contribution is -2.35. The molecule has 0 bridgehead atoms. The highest BCUT2D eigenvalue weighted by Gasteiger charge is 2.15. The quantitative estimate of drug-likeness (QED) is 0.775. The van der Waals surface area contributed by atoms with E-state index in [0.717, 1.165) is 41.4 Å². The van der Waals surface area contributed by atoms with E-state index in [-0.39, 0.29) is 0 Å². The van der Waals surface area contributed by atoms with E-state index in [1.54, 1.807) is 0 Å². The lowest BCUT2D eigenvalue weighted by atomic mass is 10.3. The van der Waals surface area contributed by atoms with E-state index in [1.165, 1.54) is 24.6 Å². The molecule has 21 heavy (non-hydrogen) atoms. The number of para-hydroxylation sites is 1. The van der Waals surface area contributed by atoms with Crippen LogP contribution in [0.25, 0.3) is 11.0 Å². The van der Waals surface area contributed by atoms with Gasteiger partial charge in [0.2, 0.25) is 0 Å². The standard InChI is InChI=1S/C15H19Cl2N3S/c16-5-4-14-18-13-3-1-2-12(17)15(13)20(14)7-6-19-8-10-21-11-9-19/h1-3H,4-11H2. The molecule has 0 unspecified atom stereocenters. The lowest BCUT2D eigenvalue weighted by molar-refractivity contribution is 0.289. The summed E-state index contributed by atoms with van der Waals surface area (Å²) in [7, 11) is 0. The molecule has 2 aromatic rings. The van der Waals surface area contributed by atoms with Crippen molar-refractivity contribution in [3.63, 3.8) is 0 Å². The molecule has 0 spiro atoms. The Kier molecular flexibility index (Phi) is 5.33. The molecule has 3 nitrogen and oxygen atoms in total. The summed E-state index contributed by atoms with van der Waals surface area (Å²) in [5.41, 5.74) is 2.02. The van der Waals surface area contributed by atoms with Crippen molar-refractivity contribution in [1.29, 1.82) is 0 Å². The molecule has 0 saturated carbocycles. The van der Waals surface area contributed by atoms with Gasteiger partial charge >= 0.3 is 0 Å². The molecular weight excluding hydrogens is 325 g/mol. The van der Waals surface area contributed by atoms with E-state index in [0.29, 0.717) is 5.88 Å². The molecule has 0 amide bonds. The van der Waals surface area contributed by atoms with Gasteiger partial charge in [-0.05, 0) is 12.1 Å². The predicted molar refractivity (Wildman–Crippen MR) is 92.9 cm³/mol. The number of imidazole rings is 1. The normalized spacial score (nSPS) is 16.7. The summed E-state index contributed by atoms with van der Waals surface area (Å²) >= 11 is 14.4. The third kappa shape index (κ3) is 3.50. The van der Waals surface area contributed by atoms with E-state index in [1.807, 2.05) is 30.0 Å². The maximum Gasteiger partial charge on any atom is 0.111 e. The van der Waals surface area contributed by atoms with Gasteiger partial charge in [0.1, 0.15) is 5.82 Å². The molecule has 3 rings (SSSR count). The lowest BCUT2D eigenvalue weighted by Gasteiger charge is -2.26. The first-order chi connectivity index (χ1) is 10.3. The number of aromatic nitrogens is 2. The first-order valence-electron chi connectivity index (χ1n) is 7.29. The fourth-order valence-corrected chi connectivity index (χ4v) is 4.19. The second-order valence-electron chi connectivity index (χ2n) is 5.18. The molecular formula is C15H19Cl2N3S. The van der Waals surface area contributed by atoms with Gasteiger partial charge in [-0.15, -0.1) is 11.6 Å². The summed E-state index contributed by atoms with van der Waals surface area (Å²) in [5.74, 6) is 4.10. The molecule has 1 aliphatic heterocycles. The van der Waals surface area contributed by atoms with Gasteiger partial charge in [0.15, 0.2) is 0 Å². The third-order valence-corrected chi connectivity index (χ3v) is 5.29. The van der Waals surface area contributed by atoms with Crippen LogP contribution in [0.2, 0.25) is 5.02 Å². The summed E-state index contributed by atoms with van der Waals surface area (Å²) < 4.78 is 2.25. The van der Waals surface area contributed by atoms with Crippen LogP contribution in [-0.2, 0) is 13.0 Å². The van der Waals surface area contributed by atoms with E-state index in [4.69, 9.17) is 28.2 Å². The fraction of sp³-hybridized carbons (Fsp3) is 0.533. The average Bonchev–Trinajstić information content (AvgIpc) is 2.85. The minimum Gasteiger partial charge on any atom is -0.325 e. The molecule has 1 aromatic carbocycles. The van der Waals surface area contributed by atoms with Gasteiger partial charge in [0, 0.05) is 50.0 Å². The molecule has 1 saturated heterocycles. The van der Waals surface area contributed by atoms with Crippen molar-refractivity contribution in [1.82, 2.24) is 14.5 Å². The van der Waals surface area contributed by atoms with Crippen molar-refractivity contribution >= 4 is 46.0 Å². The van der Waals surface area contributed by atoms with Crippen LogP contribution in [0.3, 0.4) is 0 Å². The number of nitrogens with zero attached hydrogens (tertiary/aromatic N) is 3. The zero-order valence-corrected chi connectivity index (χ0v) is 14.2. The van der Waals surface area contributed by atoms with Crippen molar-refractivity contribution in [2.24, 2.45) is 0 Å². The molecule has 6 heteroatoms. The molecule has 0 N–H and O–H groups in total. The topological polar surface area (TPSA) is 21.1 Å². The number of aryl methyl sites for hydroxylation is 1. The average molecular weight is 344 g/mol. The van der Waals surface area contributed by atoms with Crippen LogP contribution in [0.5, 0.6) is 0 Å². The highest BCUT2D eigenvalue weighted by molar-refractivity contribution is 7.99. The minimum atomic E-state index is 0.585. The van der Waals surface area contributed by atoms with Crippen molar-refractivity contribution in [3.8, 4) is 0 Å². The van der Waals surface area contributed by atoms with Gasteiger partial charge < -0.3 is 4.57 Å². The number of rotatable bonds is 5. The van der Waals surface area contributed by atoms with E-state index >= 15 is 0 Å². The number of fused-ring (bicyclic) bond motifs is 1. The molecule has 1 fully saturated rings. The van der Waals surface area contributed by atoms with Gasteiger partial charge in [-0.1, -0.05) is 17.7 Å². The first-order valence-corrected chi connectivity index (χ1v) is 9.36. The number of hydrogen-bond acceptors (Lipinski definition) is 3. The Hall–Kier alpha value is -0.420. The van der Waals surface area contributed by atoms with Crippen LogP contribution in [0.1, 0.15) is 5.82 Å². The van der Waals surface area contributed by atoms with Crippen LogP contribution in [0.15, 0.2) is 18.2 Å². The Labute approximate surface area is 139 Å². The van der Waals surface area contributed by atoms with Crippen molar-refractivity contribution in [2.75, 3.05) is 37.0 Å². The number of benzene rings is 1. The number of hydrogen-bond donors (Lipinski definition) is 0. The summed E-state index contributed by atoms with van der Waals surface area (Å²) in [6.45, 7) is 4.33. The SMILES string of the molecule is ClCCc1nc2cccc(Cl)c2n1CCN1CCSCC1. The fourth-order valence-electron chi connectivity index (χ4n) is 2.77. The first kappa shape index (κ1) is 15.5. The molecule has 1 aromatic heterocycles. The van der Waals surface area contributed by atoms with E-state index < -0.39 is 0 Å². The van der Waals surface area contributed by atoms with Gasteiger partial charge in [-0.3, -0.25) is 4.90 Å². The maximum atomic E-state index is 6.39. The van der Waals surface area contributed by atoms with Crippen LogP contribution >= 0.6 is 35.0 Å². The molecule has 0 atom stereocenters. The smallest absolute Gasteiger partial charge is 0.111 e. The van der Waals surface area contributed by atoms with E-state index in [2.05, 4.69) is 9.47 Å². The second-order valence-corrected chi connectivity index (χ2v) is 7.19. The monoisotopic (exact) mass is 343 g/mol. The van der Waals surface area contributed by atoms with Gasteiger partial charge in [-0.25, -0.2) is 4.98 Å². The second kappa shape index (κ2) is 7.23. The Morgan fingerprint density at radius 1 is 1.19 bits per heavy atom. The van der Waals surface area contributed by atoms with Gasteiger partial charge in [0.25, 0.3) is 0 Å². The highest BCUT2D eigenvalue weighted by atomic mass is 35.5. The van der Waals surface area contributed by atoms with Crippen molar-refractivity contribution < 1.29 is 0 Å². The number of halogens is 2. The van der Waals surface area contributed by atoms with Crippen LogP contribution < -0.4 is 0 Å². The number of alkyl halides is 1. The zero-order chi connectivity index (χ0) is 14.7. The third-order valence-electron chi connectivity index (χ3n) is 3.86. The van der Waals surface area contributed by atoms with E-state index in [9.17, 15) is 0 Å². The van der Waals surface area contributed by atoms with Crippen LogP contribution in [-0.4, -0.2) is 51.5 Å². The Bertz CT molecular complexity index is 608. The van der Waals surface area contributed by atoms with Crippen molar-refractivity contribution in [3.05, 3.63) is 29.0 Å². The molecule has 0 radical (unpaired) electrons. The molecule has 1 aliphatic rings. The van der Waals surface area contributed by atoms with Crippen LogP contribution in [0, 0.1) is 0 Å². The van der Waals surface area contributed by atoms with Gasteiger partial charge in [-0.2, -0.15) is 11.8 Å². The molecule has 114 valence electrons. The summed E-state index contributed by atoms with van der Waals surface area (Å²) in [4.78, 5) is 7.22. The zero-order valence-electron chi connectivity index (χ0n) is 11.9. The van der Waals surface area contributed by atoms with Gasteiger partial charge in [0.05, 0.1) is 16.1 Å². The highest BCUT2D eigenvalue weighted by Crippen LogP contribution is 2.25. The maximum absolute atomic E-state index is 6.39. The summed E-state index contributed by atoms with van der Waals surface area (Å²) in [5, 5.41) is 0.773. The minimum absolute atomic E-state index is 0.585. The Balaban J connectivity index is 1.85. The van der Waals surface area contributed by atoms with Crippen LogP contribution in [0.4, 0.5) is 0 Å². The molecule has 0 aliphatic carbocycles. The predicted octanol–water partition coefficient (Wildman–Crippen LogP) is 3.52. The largest absolute Gasteiger partial charge is 0.325 e.